The molecule has 2 atom stereocenters. The number of aromatic nitrogens is 2. The second kappa shape index (κ2) is 4.15. The summed E-state index contributed by atoms with van der Waals surface area (Å²) in [4.78, 5) is 0. The van der Waals surface area contributed by atoms with Gasteiger partial charge in [0, 0.05) is 12.2 Å². The van der Waals surface area contributed by atoms with E-state index in [-0.39, 0.29) is 0 Å². The number of nitrogens with two attached hydrogens (primary N) is 1. The topological polar surface area (TPSA) is 54.7 Å². The third-order valence-corrected chi connectivity index (χ3v) is 3.77. The standard InChI is InChI=1S/C9H15N3S/c10-9-1-2-13-6-8(9)3-7-4-11-12-5-7/h4-5,8-9H,1-3,6,10H2,(H,11,12). The molecule has 2 heterocycles. The molecule has 0 amide bonds. The Kier molecular flexibility index (Phi) is 2.90. The fraction of sp³-hybridized carbons (Fsp3) is 0.667. The number of thioether (sulfide) groups is 1. The van der Waals surface area contributed by atoms with Gasteiger partial charge in [-0.05, 0) is 35.8 Å². The zero-order valence-corrected chi connectivity index (χ0v) is 8.39. The van der Waals surface area contributed by atoms with Crippen LogP contribution in [0.3, 0.4) is 0 Å². The molecule has 1 aliphatic rings. The van der Waals surface area contributed by atoms with E-state index in [4.69, 9.17) is 5.73 Å². The molecule has 72 valence electrons. The number of hydrogen-bond acceptors (Lipinski definition) is 3. The third-order valence-electron chi connectivity index (χ3n) is 2.59. The lowest BCUT2D eigenvalue weighted by Gasteiger charge is -2.27. The normalized spacial score (nSPS) is 29.0. The first-order chi connectivity index (χ1) is 6.36. The lowest BCUT2D eigenvalue weighted by molar-refractivity contribution is 0.441. The van der Waals surface area contributed by atoms with E-state index in [0.29, 0.717) is 12.0 Å². The van der Waals surface area contributed by atoms with Gasteiger partial charge in [0.1, 0.15) is 0 Å². The van der Waals surface area contributed by atoms with Gasteiger partial charge < -0.3 is 5.73 Å². The molecular formula is C9H15N3S. The average Bonchev–Trinajstić information content (AvgIpc) is 2.61. The Morgan fingerprint density at radius 2 is 2.62 bits per heavy atom. The van der Waals surface area contributed by atoms with E-state index >= 15 is 0 Å². The van der Waals surface area contributed by atoms with Crippen molar-refractivity contribution >= 4 is 11.8 Å². The lowest BCUT2D eigenvalue weighted by atomic mass is 9.94. The minimum Gasteiger partial charge on any atom is -0.327 e. The largest absolute Gasteiger partial charge is 0.327 e. The summed E-state index contributed by atoms with van der Waals surface area (Å²) in [7, 11) is 0. The Balaban J connectivity index is 1.93. The van der Waals surface area contributed by atoms with Crippen molar-refractivity contribution in [2.75, 3.05) is 11.5 Å². The second-order valence-corrected chi connectivity index (χ2v) is 4.75. The van der Waals surface area contributed by atoms with Gasteiger partial charge in [0.25, 0.3) is 0 Å². The SMILES string of the molecule is NC1CCSCC1Cc1cn[nH]c1. The second-order valence-electron chi connectivity index (χ2n) is 3.60. The molecule has 1 saturated heterocycles. The van der Waals surface area contributed by atoms with Crippen LogP contribution in [0.15, 0.2) is 12.4 Å². The summed E-state index contributed by atoms with van der Waals surface area (Å²) in [5.41, 5.74) is 7.33. The van der Waals surface area contributed by atoms with Crippen LogP contribution in [0, 0.1) is 5.92 Å². The van der Waals surface area contributed by atoms with E-state index in [9.17, 15) is 0 Å². The van der Waals surface area contributed by atoms with Crippen molar-refractivity contribution in [1.82, 2.24) is 10.2 Å². The molecule has 3 N–H and O–H groups in total. The monoisotopic (exact) mass is 197 g/mol. The van der Waals surface area contributed by atoms with Crippen LogP contribution in [0.2, 0.25) is 0 Å². The van der Waals surface area contributed by atoms with Crippen molar-refractivity contribution in [2.24, 2.45) is 11.7 Å². The third kappa shape index (κ3) is 2.25. The maximum absolute atomic E-state index is 6.05. The van der Waals surface area contributed by atoms with Crippen molar-refractivity contribution in [2.45, 2.75) is 18.9 Å². The van der Waals surface area contributed by atoms with Crippen molar-refractivity contribution in [3.8, 4) is 0 Å². The molecule has 0 spiro atoms. The zero-order chi connectivity index (χ0) is 9.10. The maximum Gasteiger partial charge on any atom is 0.0519 e. The van der Waals surface area contributed by atoms with E-state index in [1.165, 1.54) is 17.1 Å². The maximum atomic E-state index is 6.05. The summed E-state index contributed by atoms with van der Waals surface area (Å²) >= 11 is 2.02. The summed E-state index contributed by atoms with van der Waals surface area (Å²) in [6.07, 6.45) is 6.09. The summed E-state index contributed by atoms with van der Waals surface area (Å²) in [5, 5.41) is 6.78. The molecule has 1 aromatic rings. The quantitative estimate of drug-likeness (QED) is 0.744. The number of hydrogen-bond donors (Lipinski definition) is 2. The van der Waals surface area contributed by atoms with Gasteiger partial charge in [0.2, 0.25) is 0 Å². The molecule has 1 aliphatic heterocycles. The number of nitrogens with zero attached hydrogens (tertiary/aromatic N) is 1. The van der Waals surface area contributed by atoms with Crippen LogP contribution >= 0.6 is 11.8 Å². The molecular weight excluding hydrogens is 182 g/mol. The summed E-state index contributed by atoms with van der Waals surface area (Å²) < 4.78 is 0. The predicted octanol–water partition coefficient (Wildman–Crippen LogP) is 1.03. The highest BCUT2D eigenvalue weighted by molar-refractivity contribution is 7.99. The molecule has 1 fully saturated rings. The van der Waals surface area contributed by atoms with E-state index in [2.05, 4.69) is 10.2 Å². The van der Waals surface area contributed by atoms with Gasteiger partial charge in [-0.2, -0.15) is 16.9 Å². The first-order valence-corrected chi connectivity index (χ1v) is 5.82. The van der Waals surface area contributed by atoms with E-state index in [1.807, 2.05) is 24.2 Å². The van der Waals surface area contributed by atoms with Crippen LogP contribution < -0.4 is 5.73 Å². The van der Waals surface area contributed by atoms with Gasteiger partial charge >= 0.3 is 0 Å². The van der Waals surface area contributed by atoms with Crippen LogP contribution in [0.1, 0.15) is 12.0 Å². The molecule has 13 heavy (non-hydrogen) atoms. The minimum absolute atomic E-state index is 0.385. The van der Waals surface area contributed by atoms with Crippen molar-refractivity contribution in [3.05, 3.63) is 18.0 Å². The molecule has 0 aliphatic carbocycles. The van der Waals surface area contributed by atoms with Crippen molar-refractivity contribution in [3.63, 3.8) is 0 Å². The van der Waals surface area contributed by atoms with Gasteiger partial charge in [0.15, 0.2) is 0 Å². The van der Waals surface area contributed by atoms with Crippen molar-refractivity contribution < 1.29 is 0 Å². The van der Waals surface area contributed by atoms with Gasteiger partial charge in [0.05, 0.1) is 6.20 Å². The van der Waals surface area contributed by atoms with Gasteiger partial charge in [-0.1, -0.05) is 0 Å². The molecule has 0 saturated carbocycles. The predicted molar refractivity (Wildman–Crippen MR) is 55.7 cm³/mol. The number of H-pyrrole nitrogens is 1. The molecule has 3 nitrogen and oxygen atoms in total. The summed E-state index contributed by atoms with van der Waals surface area (Å²) in [6, 6.07) is 0.385. The highest BCUT2D eigenvalue weighted by Gasteiger charge is 2.22. The Morgan fingerprint density at radius 3 is 3.31 bits per heavy atom. The van der Waals surface area contributed by atoms with Gasteiger partial charge in [-0.25, -0.2) is 0 Å². The van der Waals surface area contributed by atoms with E-state index in [1.54, 1.807) is 0 Å². The summed E-state index contributed by atoms with van der Waals surface area (Å²) in [6.45, 7) is 0. The number of rotatable bonds is 2. The van der Waals surface area contributed by atoms with Crippen molar-refractivity contribution in [1.29, 1.82) is 0 Å². The Hall–Kier alpha value is -0.480. The first-order valence-electron chi connectivity index (χ1n) is 4.67. The molecule has 0 bridgehead atoms. The highest BCUT2D eigenvalue weighted by Crippen LogP contribution is 2.24. The number of nitrogens with one attached hydrogen (secondary N) is 1. The molecule has 2 rings (SSSR count). The Bertz CT molecular complexity index is 247. The first kappa shape index (κ1) is 9.09. The molecule has 4 heteroatoms. The van der Waals surface area contributed by atoms with Crippen LogP contribution in [-0.4, -0.2) is 27.7 Å². The molecule has 0 aromatic carbocycles. The molecule has 0 radical (unpaired) electrons. The smallest absolute Gasteiger partial charge is 0.0519 e. The number of aromatic amines is 1. The Morgan fingerprint density at radius 1 is 1.69 bits per heavy atom. The lowest BCUT2D eigenvalue weighted by Crippen LogP contribution is -2.36. The average molecular weight is 197 g/mol. The molecule has 2 unspecified atom stereocenters. The van der Waals surface area contributed by atoms with Crippen LogP contribution in [-0.2, 0) is 6.42 Å². The van der Waals surface area contributed by atoms with Gasteiger partial charge in [-0.15, -0.1) is 0 Å². The Labute approximate surface area is 82.5 Å². The minimum atomic E-state index is 0.385. The van der Waals surface area contributed by atoms with E-state index < -0.39 is 0 Å². The fourth-order valence-electron chi connectivity index (χ4n) is 1.72. The van der Waals surface area contributed by atoms with Gasteiger partial charge in [-0.3, -0.25) is 5.10 Å². The van der Waals surface area contributed by atoms with Crippen LogP contribution in [0.25, 0.3) is 0 Å². The molecule has 1 aromatic heterocycles. The fourth-order valence-corrected chi connectivity index (χ4v) is 2.99. The van der Waals surface area contributed by atoms with E-state index in [0.717, 1.165) is 12.8 Å². The highest BCUT2D eigenvalue weighted by atomic mass is 32.2. The zero-order valence-electron chi connectivity index (χ0n) is 7.57. The summed E-state index contributed by atoms with van der Waals surface area (Å²) in [5.74, 6) is 3.06. The van der Waals surface area contributed by atoms with Crippen LogP contribution in [0.5, 0.6) is 0 Å². The van der Waals surface area contributed by atoms with Crippen LogP contribution in [0.4, 0.5) is 0 Å².